The molecule has 1 heterocycles. The van der Waals surface area contributed by atoms with Gasteiger partial charge in [-0.25, -0.2) is 0 Å². The second kappa shape index (κ2) is 5.16. The number of rotatable bonds is 2. The maximum Gasteiger partial charge on any atom is 0.171 e. The lowest BCUT2D eigenvalue weighted by atomic mass is 9.85. The van der Waals surface area contributed by atoms with Crippen molar-refractivity contribution in [2.45, 2.75) is 12.5 Å². The molecule has 0 spiro atoms. The molecule has 0 aliphatic carbocycles. The van der Waals surface area contributed by atoms with E-state index in [-0.39, 0.29) is 11.7 Å². The highest BCUT2D eigenvalue weighted by Crippen LogP contribution is 2.27. The molecule has 2 nitrogen and oxygen atoms in total. The smallest absolute Gasteiger partial charge is 0.171 e. The van der Waals surface area contributed by atoms with Crippen LogP contribution in [-0.2, 0) is 6.54 Å². The van der Waals surface area contributed by atoms with Crippen molar-refractivity contribution in [2.24, 2.45) is 0 Å². The van der Waals surface area contributed by atoms with E-state index in [4.69, 9.17) is 11.6 Å². The Bertz CT molecular complexity index is 606. The fraction of sp³-hybridized carbons (Fsp3) is 0.188. The molecule has 1 aliphatic rings. The van der Waals surface area contributed by atoms with Crippen LogP contribution in [0.15, 0.2) is 48.5 Å². The minimum atomic E-state index is -0.105. The average molecular weight is 272 g/mol. The van der Waals surface area contributed by atoms with Crippen LogP contribution in [0.25, 0.3) is 0 Å². The van der Waals surface area contributed by atoms with Crippen LogP contribution in [0.4, 0.5) is 0 Å². The molecule has 3 rings (SSSR count). The molecule has 0 aromatic heterocycles. The Morgan fingerprint density at radius 3 is 2.63 bits per heavy atom. The summed E-state index contributed by atoms with van der Waals surface area (Å²) >= 11 is 5.86. The Balaban J connectivity index is 1.95. The monoisotopic (exact) mass is 271 g/mol. The van der Waals surface area contributed by atoms with Gasteiger partial charge in [0.25, 0.3) is 0 Å². The van der Waals surface area contributed by atoms with Gasteiger partial charge in [-0.1, -0.05) is 35.9 Å². The molecule has 0 fully saturated rings. The van der Waals surface area contributed by atoms with E-state index in [9.17, 15) is 4.79 Å². The third kappa shape index (κ3) is 2.42. The van der Waals surface area contributed by atoms with E-state index in [0.717, 1.165) is 12.1 Å². The minimum Gasteiger partial charge on any atom is -0.312 e. The first-order valence-corrected chi connectivity index (χ1v) is 6.72. The Morgan fingerprint density at radius 2 is 1.84 bits per heavy atom. The Kier molecular flexibility index (Phi) is 3.36. The van der Waals surface area contributed by atoms with E-state index < -0.39 is 0 Å². The van der Waals surface area contributed by atoms with Gasteiger partial charge in [0.2, 0.25) is 0 Å². The predicted octanol–water partition coefficient (Wildman–Crippen LogP) is 3.41. The van der Waals surface area contributed by atoms with Gasteiger partial charge >= 0.3 is 0 Å². The number of benzene rings is 2. The predicted molar refractivity (Wildman–Crippen MR) is 76.7 cm³/mol. The molecule has 1 atom stereocenters. The summed E-state index contributed by atoms with van der Waals surface area (Å²) in [6.45, 7) is 1.53. The van der Waals surface area contributed by atoms with Crippen molar-refractivity contribution in [3.63, 3.8) is 0 Å². The zero-order valence-corrected chi connectivity index (χ0v) is 11.2. The number of halogens is 1. The number of hydrogen-bond acceptors (Lipinski definition) is 2. The Hall–Kier alpha value is -1.64. The largest absolute Gasteiger partial charge is 0.312 e. The van der Waals surface area contributed by atoms with Crippen molar-refractivity contribution in [2.75, 3.05) is 6.54 Å². The molecule has 96 valence electrons. The summed E-state index contributed by atoms with van der Waals surface area (Å²) in [5.41, 5.74) is 3.06. The van der Waals surface area contributed by atoms with Gasteiger partial charge in [-0.3, -0.25) is 4.79 Å². The van der Waals surface area contributed by atoms with Crippen LogP contribution in [0.1, 0.15) is 27.4 Å². The maximum absolute atomic E-state index is 12.6. The van der Waals surface area contributed by atoms with Gasteiger partial charge in [-0.15, -0.1) is 0 Å². The molecule has 3 heteroatoms. The normalized spacial score (nSPS) is 17.8. The summed E-state index contributed by atoms with van der Waals surface area (Å²) < 4.78 is 0. The van der Waals surface area contributed by atoms with Gasteiger partial charge in [0.1, 0.15) is 0 Å². The van der Waals surface area contributed by atoms with E-state index in [0.29, 0.717) is 17.1 Å². The lowest BCUT2D eigenvalue weighted by Crippen LogP contribution is -2.32. The van der Waals surface area contributed by atoms with Crippen LogP contribution in [0.3, 0.4) is 0 Å². The van der Waals surface area contributed by atoms with Crippen molar-refractivity contribution >= 4 is 17.4 Å². The van der Waals surface area contributed by atoms with Gasteiger partial charge in [0.15, 0.2) is 5.78 Å². The van der Waals surface area contributed by atoms with Crippen molar-refractivity contribution in [3.05, 3.63) is 70.2 Å². The van der Waals surface area contributed by atoms with Gasteiger partial charge < -0.3 is 5.32 Å². The van der Waals surface area contributed by atoms with Crippen LogP contribution in [0.5, 0.6) is 0 Å². The first kappa shape index (κ1) is 12.4. The maximum atomic E-state index is 12.6. The van der Waals surface area contributed by atoms with E-state index in [1.165, 1.54) is 5.56 Å². The van der Waals surface area contributed by atoms with E-state index in [1.807, 2.05) is 12.1 Å². The third-order valence-corrected chi connectivity index (χ3v) is 3.79. The molecule has 0 radical (unpaired) electrons. The zero-order valence-electron chi connectivity index (χ0n) is 10.4. The van der Waals surface area contributed by atoms with Crippen LogP contribution in [-0.4, -0.2) is 12.3 Å². The van der Waals surface area contributed by atoms with Crippen LogP contribution < -0.4 is 5.32 Å². The number of nitrogens with one attached hydrogen (secondary N) is 1. The SMILES string of the molecule is O=C(c1ccc(Cl)cc1)C1CNCc2ccccc21. The van der Waals surface area contributed by atoms with Crippen molar-refractivity contribution in [1.29, 1.82) is 0 Å². The molecule has 19 heavy (non-hydrogen) atoms. The summed E-state index contributed by atoms with van der Waals surface area (Å²) in [5, 5.41) is 3.96. The molecular weight excluding hydrogens is 258 g/mol. The van der Waals surface area contributed by atoms with Crippen molar-refractivity contribution in [3.8, 4) is 0 Å². The highest BCUT2D eigenvalue weighted by atomic mass is 35.5. The number of carbonyl (C=O) groups is 1. The summed E-state index contributed by atoms with van der Waals surface area (Å²) in [6.07, 6.45) is 0. The second-order valence-corrected chi connectivity index (χ2v) is 5.19. The molecule has 0 saturated carbocycles. The molecular formula is C16H14ClNO. The molecule has 1 unspecified atom stereocenters. The topological polar surface area (TPSA) is 29.1 Å². The summed E-state index contributed by atoms with van der Waals surface area (Å²) in [4.78, 5) is 12.6. The van der Waals surface area contributed by atoms with Gasteiger partial charge in [-0.2, -0.15) is 0 Å². The van der Waals surface area contributed by atoms with Gasteiger partial charge in [-0.05, 0) is 35.4 Å². The fourth-order valence-corrected chi connectivity index (χ4v) is 2.67. The number of fused-ring (bicyclic) bond motifs is 1. The number of hydrogen-bond donors (Lipinski definition) is 1. The van der Waals surface area contributed by atoms with Crippen molar-refractivity contribution < 1.29 is 4.79 Å². The summed E-state index contributed by atoms with van der Waals surface area (Å²) in [7, 11) is 0. The quantitative estimate of drug-likeness (QED) is 0.848. The molecule has 2 aromatic carbocycles. The second-order valence-electron chi connectivity index (χ2n) is 4.75. The van der Waals surface area contributed by atoms with Gasteiger partial charge in [0.05, 0.1) is 5.92 Å². The Labute approximate surface area is 117 Å². The lowest BCUT2D eigenvalue weighted by Gasteiger charge is -2.25. The molecule has 1 aliphatic heterocycles. The number of Topliss-reactive ketones (excluding diaryl/α,β-unsaturated/α-hetero) is 1. The number of ketones is 1. The fourth-order valence-electron chi connectivity index (χ4n) is 2.55. The number of carbonyl (C=O) groups excluding carboxylic acids is 1. The Morgan fingerprint density at radius 1 is 1.11 bits per heavy atom. The van der Waals surface area contributed by atoms with Crippen LogP contribution >= 0.6 is 11.6 Å². The van der Waals surface area contributed by atoms with E-state index in [2.05, 4.69) is 17.4 Å². The first-order valence-electron chi connectivity index (χ1n) is 6.34. The first-order chi connectivity index (χ1) is 9.25. The van der Waals surface area contributed by atoms with Crippen molar-refractivity contribution in [1.82, 2.24) is 5.32 Å². The highest BCUT2D eigenvalue weighted by Gasteiger charge is 2.26. The van der Waals surface area contributed by atoms with Crippen LogP contribution in [0, 0.1) is 0 Å². The molecule has 0 bridgehead atoms. The summed E-state index contributed by atoms with van der Waals surface area (Å²) in [5.74, 6) is 0.0439. The molecule has 0 saturated heterocycles. The molecule has 0 amide bonds. The third-order valence-electron chi connectivity index (χ3n) is 3.54. The molecule has 2 aromatic rings. The van der Waals surface area contributed by atoms with E-state index in [1.54, 1.807) is 24.3 Å². The highest BCUT2D eigenvalue weighted by molar-refractivity contribution is 6.30. The summed E-state index contributed by atoms with van der Waals surface area (Å²) in [6, 6.07) is 15.2. The zero-order chi connectivity index (χ0) is 13.2. The molecule has 1 N–H and O–H groups in total. The van der Waals surface area contributed by atoms with E-state index >= 15 is 0 Å². The minimum absolute atomic E-state index is 0.105. The average Bonchev–Trinajstić information content (AvgIpc) is 2.47. The standard InChI is InChI=1S/C16H14ClNO/c17-13-7-5-11(6-8-13)16(19)15-10-18-9-12-3-1-2-4-14(12)15/h1-8,15,18H,9-10H2. The lowest BCUT2D eigenvalue weighted by molar-refractivity contribution is 0.0955. The van der Waals surface area contributed by atoms with Crippen LogP contribution in [0.2, 0.25) is 5.02 Å². The van der Waals surface area contributed by atoms with Gasteiger partial charge in [0, 0.05) is 23.7 Å².